The Bertz CT molecular complexity index is 112. The predicted molar refractivity (Wildman–Crippen MR) is 47.3 cm³/mol. The molecule has 0 nitrogen and oxygen atoms in total. The molecule has 1 heteroatoms. The fourth-order valence-electron chi connectivity index (χ4n) is 2.21. The maximum Gasteiger partial charge on any atom is 0.00598 e. The van der Waals surface area contributed by atoms with Crippen molar-refractivity contribution in [3.8, 4) is 0 Å². The predicted octanol–water partition coefficient (Wildman–Crippen LogP) is 3.21. The monoisotopic (exact) mass is 202 g/mol. The summed E-state index contributed by atoms with van der Waals surface area (Å²) in [5, 5.41) is 1.25. The molecule has 0 unspecified atom stereocenters. The van der Waals surface area contributed by atoms with Gasteiger partial charge in [0.25, 0.3) is 0 Å². The van der Waals surface area contributed by atoms with E-state index in [0.29, 0.717) is 0 Å². The van der Waals surface area contributed by atoms with Crippen LogP contribution in [-0.2, 0) is 0 Å². The lowest BCUT2D eigenvalue weighted by Crippen LogP contribution is -2.34. The first kappa shape index (κ1) is 7.15. The van der Waals surface area contributed by atoms with Crippen LogP contribution in [0.4, 0.5) is 0 Å². The summed E-state index contributed by atoms with van der Waals surface area (Å²) < 4.78 is 0. The van der Waals surface area contributed by atoms with Crippen LogP contribution in [-0.4, -0.2) is 5.33 Å². The molecule has 0 N–H and O–H groups in total. The fourth-order valence-corrected chi connectivity index (χ4v) is 2.74. The van der Waals surface area contributed by atoms with Gasteiger partial charge in [-0.05, 0) is 30.6 Å². The molecule has 2 rings (SSSR count). The zero-order valence-electron chi connectivity index (χ0n) is 6.35. The first-order valence-electron chi connectivity index (χ1n) is 4.46. The maximum atomic E-state index is 3.54. The maximum absolute atomic E-state index is 3.54. The van der Waals surface area contributed by atoms with E-state index >= 15 is 0 Å². The molecule has 0 aromatic carbocycles. The Morgan fingerprint density at radius 2 is 1.80 bits per heavy atom. The van der Waals surface area contributed by atoms with Crippen molar-refractivity contribution in [1.29, 1.82) is 0 Å². The van der Waals surface area contributed by atoms with E-state index in [1.54, 1.807) is 12.8 Å². The van der Waals surface area contributed by atoms with Crippen molar-refractivity contribution in [2.24, 2.45) is 17.8 Å². The minimum absolute atomic E-state index is 1.03. The minimum Gasteiger partial charge on any atom is -0.0925 e. The SMILES string of the molecule is BrCC1CC(C2CCC2)C1. The first-order valence-corrected chi connectivity index (χ1v) is 5.58. The lowest BCUT2D eigenvalue weighted by atomic mass is 9.63. The summed E-state index contributed by atoms with van der Waals surface area (Å²) >= 11 is 3.54. The molecule has 10 heavy (non-hydrogen) atoms. The summed E-state index contributed by atoms with van der Waals surface area (Å²) in [7, 11) is 0. The molecule has 2 fully saturated rings. The van der Waals surface area contributed by atoms with Crippen LogP contribution in [0, 0.1) is 17.8 Å². The molecule has 0 radical (unpaired) electrons. The summed E-state index contributed by atoms with van der Waals surface area (Å²) in [4.78, 5) is 0. The number of rotatable bonds is 2. The van der Waals surface area contributed by atoms with Crippen LogP contribution in [0.2, 0.25) is 0 Å². The molecule has 0 aromatic rings. The third-order valence-electron chi connectivity index (χ3n) is 3.31. The second-order valence-corrected chi connectivity index (χ2v) is 4.59. The minimum atomic E-state index is 1.03. The average Bonchev–Trinajstić information content (AvgIpc) is 1.72. The first-order chi connectivity index (χ1) is 4.90. The van der Waals surface area contributed by atoms with Gasteiger partial charge in [-0.1, -0.05) is 35.2 Å². The van der Waals surface area contributed by atoms with Gasteiger partial charge >= 0.3 is 0 Å². The lowest BCUT2D eigenvalue weighted by Gasteiger charge is -2.43. The van der Waals surface area contributed by atoms with Crippen molar-refractivity contribution in [2.75, 3.05) is 5.33 Å². The summed E-state index contributed by atoms with van der Waals surface area (Å²) in [6.45, 7) is 0. The van der Waals surface area contributed by atoms with Crippen molar-refractivity contribution in [3.05, 3.63) is 0 Å². The van der Waals surface area contributed by atoms with E-state index in [9.17, 15) is 0 Å². The fraction of sp³-hybridized carbons (Fsp3) is 1.00. The quantitative estimate of drug-likeness (QED) is 0.604. The Hall–Kier alpha value is 0.480. The molecule has 0 aliphatic heterocycles. The van der Waals surface area contributed by atoms with Crippen LogP contribution in [0.3, 0.4) is 0 Å². The average molecular weight is 203 g/mol. The van der Waals surface area contributed by atoms with Crippen molar-refractivity contribution < 1.29 is 0 Å². The molecule has 0 bridgehead atoms. The summed E-state index contributed by atoms with van der Waals surface area (Å²) in [5.41, 5.74) is 0. The molecule has 0 spiro atoms. The van der Waals surface area contributed by atoms with Gasteiger partial charge in [-0.25, -0.2) is 0 Å². The third kappa shape index (κ3) is 1.13. The number of hydrogen-bond donors (Lipinski definition) is 0. The van der Waals surface area contributed by atoms with Gasteiger partial charge in [-0.15, -0.1) is 0 Å². The van der Waals surface area contributed by atoms with Gasteiger partial charge in [0.2, 0.25) is 0 Å². The van der Waals surface area contributed by atoms with Gasteiger partial charge in [0.1, 0.15) is 0 Å². The Balaban J connectivity index is 1.69. The largest absolute Gasteiger partial charge is 0.0925 e. The normalized spacial score (nSPS) is 40.5. The van der Waals surface area contributed by atoms with Crippen molar-refractivity contribution in [3.63, 3.8) is 0 Å². The summed E-state index contributed by atoms with van der Waals surface area (Å²) in [5.74, 6) is 3.32. The molecule has 58 valence electrons. The van der Waals surface area contributed by atoms with E-state index < -0.39 is 0 Å². The number of hydrogen-bond acceptors (Lipinski definition) is 0. The number of alkyl halides is 1. The van der Waals surface area contributed by atoms with Crippen LogP contribution in [0.1, 0.15) is 32.1 Å². The molecule has 2 saturated carbocycles. The Labute approximate surface area is 71.5 Å². The van der Waals surface area contributed by atoms with Gasteiger partial charge in [0.15, 0.2) is 0 Å². The third-order valence-corrected chi connectivity index (χ3v) is 4.22. The van der Waals surface area contributed by atoms with Gasteiger partial charge in [-0.2, -0.15) is 0 Å². The highest BCUT2D eigenvalue weighted by atomic mass is 79.9. The van der Waals surface area contributed by atoms with Crippen LogP contribution < -0.4 is 0 Å². The topological polar surface area (TPSA) is 0 Å². The standard InChI is InChI=1S/C9H15Br/c10-6-7-4-9(5-7)8-2-1-3-8/h7-9H,1-6H2. The van der Waals surface area contributed by atoms with Crippen LogP contribution in [0.25, 0.3) is 0 Å². The highest BCUT2D eigenvalue weighted by molar-refractivity contribution is 9.09. The molecule has 0 saturated heterocycles. The van der Waals surface area contributed by atoms with Gasteiger partial charge in [0.05, 0.1) is 0 Å². The van der Waals surface area contributed by atoms with Crippen LogP contribution in [0.15, 0.2) is 0 Å². The molecule has 0 amide bonds. The van der Waals surface area contributed by atoms with E-state index in [4.69, 9.17) is 0 Å². The van der Waals surface area contributed by atoms with Crippen molar-refractivity contribution in [2.45, 2.75) is 32.1 Å². The summed E-state index contributed by atoms with van der Waals surface area (Å²) in [6.07, 6.45) is 7.64. The van der Waals surface area contributed by atoms with Gasteiger partial charge < -0.3 is 0 Å². The molecule has 0 aromatic heterocycles. The van der Waals surface area contributed by atoms with E-state index in [-0.39, 0.29) is 0 Å². The molecule has 2 aliphatic rings. The van der Waals surface area contributed by atoms with Crippen LogP contribution >= 0.6 is 15.9 Å². The Morgan fingerprint density at radius 3 is 2.20 bits per heavy atom. The van der Waals surface area contributed by atoms with E-state index in [2.05, 4.69) is 15.9 Å². The molecule has 2 aliphatic carbocycles. The molecule has 0 heterocycles. The molecule has 0 atom stereocenters. The zero-order valence-corrected chi connectivity index (χ0v) is 7.94. The Kier molecular flexibility index (Phi) is 2.03. The Morgan fingerprint density at radius 1 is 1.10 bits per heavy atom. The zero-order chi connectivity index (χ0) is 6.97. The van der Waals surface area contributed by atoms with Crippen molar-refractivity contribution in [1.82, 2.24) is 0 Å². The number of halogens is 1. The van der Waals surface area contributed by atoms with E-state index in [1.165, 1.54) is 24.6 Å². The van der Waals surface area contributed by atoms with Gasteiger partial charge in [0, 0.05) is 5.33 Å². The summed E-state index contributed by atoms with van der Waals surface area (Å²) in [6, 6.07) is 0. The highest BCUT2D eigenvalue weighted by Crippen LogP contribution is 2.47. The van der Waals surface area contributed by atoms with E-state index in [1.807, 2.05) is 0 Å². The smallest absolute Gasteiger partial charge is 0.00598 e. The highest BCUT2D eigenvalue weighted by Gasteiger charge is 2.36. The second-order valence-electron chi connectivity index (χ2n) is 3.94. The van der Waals surface area contributed by atoms with Gasteiger partial charge in [-0.3, -0.25) is 0 Å². The van der Waals surface area contributed by atoms with Crippen LogP contribution in [0.5, 0.6) is 0 Å². The second kappa shape index (κ2) is 2.84. The lowest BCUT2D eigenvalue weighted by molar-refractivity contribution is 0.0860. The van der Waals surface area contributed by atoms with Crippen molar-refractivity contribution >= 4 is 15.9 Å². The van der Waals surface area contributed by atoms with E-state index in [0.717, 1.165) is 17.8 Å². The molecular formula is C9H15Br. The molecular weight excluding hydrogens is 188 g/mol.